The Kier molecular flexibility index (Phi) is 6.62. The van der Waals surface area contributed by atoms with E-state index in [2.05, 4.69) is 5.32 Å². The second-order valence-electron chi connectivity index (χ2n) is 4.44. The van der Waals surface area contributed by atoms with Gasteiger partial charge in [0.1, 0.15) is 22.2 Å². The number of sulfone groups is 1. The van der Waals surface area contributed by atoms with Gasteiger partial charge >= 0.3 is 0 Å². The summed E-state index contributed by atoms with van der Waals surface area (Å²) in [7, 11) is -2.94. The highest BCUT2D eigenvalue weighted by atomic mass is 35.5. The average molecular weight is 306 g/mol. The summed E-state index contributed by atoms with van der Waals surface area (Å²) in [4.78, 5) is 0. The third kappa shape index (κ3) is 7.40. The summed E-state index contributed by atoms with van der Waals surface area (Å²) in [6.07, 6.45) is 1.78. The first-order valence-electron chi connectivity index (χ1n) is 6.20. The highest BCUT2D eigenvalue weighted by Crippen LogP contribution is 2.17. The Labute approximate surface area is 120 Å². The Bertz CT molecular complexity index is 490. The van der Waals surface area contributed by atoms with E-state index in [1.54, 1.807) is 12.1 Å². The maximum Gasteiger partial charge on any atom is 0.147 e. The van der Waals surface area contributed by atoms with Crippen molar-refractivity contribution in [2.75, 3.05) is 25.2 Å². The topological polar surface area (TPSA) is 55.4 Å². The fourth-order valence-electron chi connectivity index (χ4n) is 1.64. The van der Waals surface area contributed by atoms with Gasteiger partial charge in [-0.15, -0.1) is 0 Å². The average Bonchev–Trinajstić information content (AvgIpc) is 2.32. The highest BCUT2D eigenvalue weighted by Gasteiger charge is 2.12. The molecule has 19 heavy (non-hydrogen) atoms. The summed E-state index contributed by atoms with van der Waals surface area (Å²) in [6, 6.07) is 7.17. The van der Waals surface area contributed by atoms with E-state index in [0.717, 1.165) is 6.54 Å². The van der Waals surface area contributed by atoms with Crippen LogP contribution in [0.2, 0.25) is 5.02 Å². The van der Waals surface area contributed by atoms with E-state index in [0.29, 0.717) is 23.8 Å². The first kappa shape index (κ1) is 16.3. The van der Waals surface area contributed by atoms with Gasteiger partial charge in [-0.2, -0.15) is 0 Å². The molecule has 108 valence electrons. The molecule has 0 heterocycles. The molecular formula is C13H20ClNO3S. The van der Waals surface area contributed by atoms with Crippen molar-refractivity contribution in [3.8, 4) is 5.75 Å². The van der Waals surface area contributed by atoms with Crippen LogP contribution in [-0.2, 0) is 9.84 Å². The van der Waals surface area contributed by atoms with Crippen LogP contribution in [-0.4, -0.2) is 39.6 Å². The van der Waals surface area contributed by atoms with Crippen molar-refractivity contribution >= 4 is 21.4 Å². The SMILES string of the molecule is CCNC(CCS(C)(=O)=O)COc1cccc(Cl)c1. The molecule has 0 aliphatic rings. The highest BCUT2D eigenvalue weighted by molar-refractivity contribution is 7.90. The van der Waals surface area contributed by atoms with Crippen LogP contribution in [0, 0.1) is 0 Å². The maximum absolute atomic E-state index is 11.2. The van der Waals surface area contributed by atoms with Crippen molar-refractivity contribution in [2.45, 2.75) is 19.4 Å². The first-order chi connectivity index (χ1) is 8.90. The fraction of sp³-hybridized carbons (Fsp3) is 0.538. The fourth-order valence-corrected chi connectivity index (χ4v) is 2.54. The van der Waals surface area contributed by atoms with Crippen LogP contribution in [0.5, 0.6) is 5.75 Å². The number of benzene rings is 1. The summed E-state index contributed by atoms with van der Waals surface area (Å²) >= 11 is 5.87. The Balaban J connectivity index is 2.49. The van der Waals surface area contributed by atoms with Crippen molar-refractivity contribution in [1.82, 2.24) is 5.32 Å². The maximum atomic E-state index is 11.2. The van der Waals surface area contributed by atoms with Gasteiger partial charge in [0.05, 0.1) is 5.75 Å². The molecule has 1 aromatic rings. The number of ether oxygens (including phenoxy) is 1. The van der Waals surface area contributed by atoms with Gasteiger partial charge in [-0.1, -0.05) is 24.6 Å². The molecule has 4 nitrogen and oxygen atoms in total. The zero-order valence-electron chi connectivity index (χ0n) is 11.2. The standard InChI is InChI=1S/C13H20ClNO3S/c1-3-15-12(7-8-19(2,16)17)10-18-13-6-4-5-11(14)9-13/h4-6,9,12,15H,3,7-8,10H2,1-2H3. The Morgan fingerprint density at radius 1 is 1.42 bits per heavy atom. The lowest BCUT2D eigenvalue weighted by atomic mass is 10.2. The lowest BCUT2D eigenvalue weighted by Gasteiger charge is -2.18. The largest absolute Gasteiger partial charge is 0.492 e. The minimum Gasteiger partial charge on any atom is -0.492 e. The van der Waals surface area contributed by atoms with E-state index >= 15 is 0 Å². The predicted molar refractivity (Wildman–Crippen MR) is 78.7 cm³/mol. The van der Waals surface area contributed by atoms with Gasteiger partial charge in [0, 0.05) is 17.3 Å². The summed E-state index contributed by atoms with van der Waals surface area (Å²) in [5, 5.41) is 3.84. The summed E-state index contributed by atoms with van der Waals surface area (Å²) in [5.41, 5.74) is 0. The number of hydrogen-bond acceptors (Lipinski definition) is 4. The second kappa shape index (κ2) is 7.72. The number of halogens is 1. The molecule has 1 unspecified atom stereocenters. The molecule has 0 fully saturated rings. The molecule has 1 atom stereocenters. The van der Waals surface area contributed by atoms with Crippen LogP contribution in [0.25, 0.3) is 0 Å². The van der Waals surface area contributed by atoms with Gasteiger partial charge < -0.3 is 10.1 Å². The summed E-state index contributed by atoms with van der Waals surface area (Å²) in [5.74, 6) is 0.846. The Hall–Kier alpha value is -0.780. The molecule has 0 aromatic heterocycles. The number of rotatable bonds is 8. The zero-order chi connectivity index (χ0) is 14.3. The third-order valence-corrected chi connectivity index (χ3v) is 3.79. The van der Waals surface area contributed by atoms with Gasteiger partial charge in [-0.05, 0) is 31.2 Å². The van der Waals surface area contributed by atoms with Gasteiger partial charge in [0.2, 0.25) is 0 Å². The van der Waals surface area contributed by atoms with Crippen molar-refractivity contribution < 1.29 is 13.2 Å². The van der Waals surface area contributed by atoms with Crippen molar-refractivity contribution in [3.63, 3.8) is 0 Å². The van der Waals surface area contributed by atoms with Gasteiger partial charge in [-0.3, -0.25) is 0 Å². The molecule has 0 bridgehead atoms. The van der Waals surface area contributed by atoms with Gasteiger partial charge in [0.15, 0.2) is 0 Å². The smallest absolute Gasteiger partial charge is 0.147 e. The van der Waals surface area contributed by atoms with E-state index in [9.17, 15) is 8.42 Å². The van der Waals surface area contributed by atoms with Crippen LogP contribution in [0.4, 0.5) is 0 Å². The third-order valence-electron chi connectivity index (χ3n) is 2.58. The van der Waals surface area contributed by atoms with E-state index < -0.39 is 9.84 Å². The van der Waals surface area contributed by atoms with E-state index in [-0.39, 0.29) is 11.8 Å². The molecule has 1 rings (SSSR count). The second-order valence-corrected chi connectivity index (χ2v) is 7.14. The molecular weight excluding hydrogens is 286 g/mol. The molecule has 0 aliphatic heterocycles. The molecule has 0 saturated carbocycles. The predicted octanol–water partition coefficient (Wildman–Crippen LogP) is 2.13. The Morgan fingerprint density at radius 2 is 2.16 bits per heavy atom. The van der Waals surface area contributed by atoms with Crippen LogP contribution in [0.3, 0.4) is 0 Å². The molecule has 6 heteroatoms. The lowest BCUT2D eigenvalue weighted by molar-refractivity contribution is 0.262. The summed E-state index contributed by atoms with van der Waals surface area (Å²) in [6.45, 7) is 3.17. The molecule has 0 spiro atoms. The molecule has 1 N–H and O–H groups in total. The van der Waals surface area contributed by atoms with Crippen molar-refractivity contribution in [2.24, 2.45) is 0 Å². The van der Waals surface area contributed by atoms with Gasteiger partial charge in [-0.25, -0.2) is 8.42 Å². The molecule has 0 amide bonds. The van der Waals surface area contributed by atoms with Gasteiger partial charge in [0.25, 0.3) is 0 Å². The van der Waals surface area contributed by atoms with Crippen LogP contribution >= 0.6 is 11.6 Å². The minimum atomic E-state index is -2.94. The van der Waals surface area contributed by atoms with Crippen LogP contribution in [0.15, 0.2) is 24.3 Å². The van der Waals surface area contributed by atoms with Crippen molar-refractivity contribution in [3.05, 3.63) is 29.3 Å². The number of likely N-dealkylation sites (N-methyl/N-ethyl adjacent to an activating group) is 1. The monoisotopic (exact) mass is 305 g/mol. The summed E-state index contributed by atoms with van der Waals surface area (Å²) < 4.78 is 28.0. The van der Waals surface area contributed by atoms with E-state index in [1.165, 1.54) is 6.26 Å². The van der Waals surface area contributed by atoms with Crippen LogP contribution < -0.4 is 10.1 Å². The Morgan fingerprint density at radius 3 is 2.74 bits per heavy atom. The molecule has 1 aromatic carbocycles. The minimum absolute atomic E-state index is 0.0127. The van der Waals surface area contributed by atoms with Crippen molar-refractivity contribution in [1.29, 1.82) is 0 Å². The molecule has 0 saturated heterocycles. The molecule has 0 aliphatic carbocycles. The quantitative estimate of drug-likeness (QED) is 0.799. The van der Waals surface area contributed by atoms with E-state index in [1.807, 2.05) is 19.1 Å². The molecule has 0 radical (unpaired) electrons. The zero-order valence-corrected chi connectivity index (χ0v) is 12.8. The number of hydrogen-bond donors (Lipinski definition) is 1. The normalized spacial score (nSPS) is 13.2. The van der Waals surface area contributed by atoms with E-state index in [4.69, 9.17) is 16.3 Å². The lowest BCUT2D eigenvalue weighted by Crippen LogP contribution is -2.36. The van der Waals surface area contributed by atoms with Crippen LogP contribution in [0.1, 0.15) is 13.3 Å². The number of nitrogens with one attached hydrogen (secondary N) is 1. The first-order valence-corrected chi connectivity index (χ1v) is 8.64.